The second-order valence-electron chi connectivity index (χ2n) is 3.84. The van der Waals surface area contributed by atoms with Crippen molar-refractivity contribution in [2.24, 2.45) is 5.14 Å². The molecule has 14 heavy (non-hydrogen) atoms. The zero-order chi connectivity index (χ0) is 10.9. The van der Waals surface area contributed by atoms with Crippen LogP contribution in [0.2, 0.25) is 0 Å². The lowest BCUT2D eigenvalue weighted by Crippen LogP contribution is -2.16. The van der Waals surface area contributed by atoms with Crippen molar-refractivity contribution >= 4 is 11.0 Å². The van der Waals surface area contributed by atoms with Crippen molar-refractivity contribution < 1.29 is 9.32 Å². The molecule has 1 unspecified atom stereocenters. The summed E-state index contributed by atoms with van der Waals surface area (Å²) in [6.45, 7) is 5.25. The third kappa shape index (κ3) is 2.41. The Kier molecular flexibility index (Phi) is 3.09. The van der Waals surface area contributed by atoms with Gasteiger partial charge in [0.2, 0.25) is 0 Å². The average Bonchev–Trinajstić information content (AvgIpc) is 2.01. The third-order valence-corrected chi connectivity index (χ3v) is 2.99. The summed E-state index contributed by atoms with van der Waals surface area (Å²) < 4.78 is 11.1. The van der Waals surface area contributed by atoms with Crippen LogP contribution in [0.15, 0.2) is 23.1 Å². The normalized spacial score (nSPS) is 14.1. The molecule has 0 amide bonds. The topological polar surface area (TPSA) is 63.3 Å². The second kappa shape index (κ2) is 3.81. The average molecular weight is 213 g/mol. The van der Waals surface area contributed by atoms with Gasteiger partial charge in [0.25, 0.3) is 0 Å². The Morgan fingerprint density at radius 2 is 2.00 bits per heavy atom. The molecule has 1 aromatic carbocycles. The van der Waals surface area contributed by atoms with E-state index in [0.717, 1.165) is 11.1 Å². The maximum absolute atomic E-state index is 11.1. The maximum atomic E-state index is 11.1. The molecule has 1 atom stereocenters. The summed E-state index contributed by atoms with van der Waals surface area (Å²) in [5.74, 6) is 0. The number of aliphatic hydroxyl groups is 1. The molecule has 1 rings (SSSR count). The molecule has 0 fully saturated rings. The van der Waals surface area contributed by atoms with Crippen molar-refractivity contribution in [1.82, 2.24) is 0 Å². The Balaban J connectivity index is 3.20. The Morgan fingerprint density at radius 1 is 1.43 bits per heavy atom. The van der Waals surface area contributed by atoms with E-state index in [2.05, 4.69) is 0 Å². The van der Waals surface area contributed by atoms with Gasteiger partial charge < -0.3 is 5.11 Å². The Morgan fingerprint density at radius 3 is 2.36 bits per heavy atom. The Bertz CT molecular complexity index is 369. The minimum atomic E-state index is -1.46. The number of benzene rings is 1. The SMILES string of the molecule is Cc1cc(C(C)(C)O)ccc1S(N)=O. The van der Waals surface area contributed by atoms with E-state index in [0.29, 0.717) is 4.90 Å². The zero-order valence-corrected chi connectivity index (χ0v) is 9.39. The van der Waals surface area contributed by atoms with Crippen LogP contribution in [0.4, 0.5) is 0 Å². The first-order chi connectivity index (χ1) is 6.32. The molecule has 3 N–H and O–H groups in total. The quantitative estimate of drug-likeness (QED) is 0.775. The Hall–Kier alpha value is -0.710. The fourth-order valence-electron chi connectivity index (χ4n) is 1.26. The van der Waals surface area contributed by atoms with Crippen LogP contribution in [-0.2, 0) is 16.6 Å². The molecule has 0 spiro atoms. The van der Waals surface area contributed by atoms with Crippen molar-refractivity contribution in [1.29, 1.82) is 0 Å². The van der Waals surface area contributed by atoms with E-state index in [-0.39, 0.29) is 0 Å². The summed E-state index contributed by atoms with van der Waals surface area (Å²) >= 11 is 0. The van der Waals surface area contributed by atoms with Crippen LogP contribution >= 0.6 is 0 Å². The van der Waals surface area contributed by atoms with Crippen LogP contribution in [0.5, 0.6) is 0 Å². The van der Waals surface area contributed by atoms with Crippen LogP contribution in [0.25, 0.3) is 0 Å². The number of rotatable bonds is 2. The van der Waals surface area contributed by atoms with E-state index in [1.807, 2.05) is 6.92 Å². The van der Waals surface area contributed by atoms with E-state index in [9.17, 15) is 9.32 Å². The molecule has 0 aliphatic carbocycles. The molecule has 0 bridgehead atoms. The lowest BCUT2D eigenvalue weighted by Gasteiger charge is -2.18. The molecule has 1 aromatic rings. The first-order valence-electron chi connectivity index (χ1n) is 4.32. The highest BCUT2D eigenvalue weighted by atomic mass is 32.2. The summed E-state index contributed by atoms with van der Waals surface area (Å²) in [5, 5.41) is 15.0. The van der Waals surface area contributed by atoms with Gasteiger partial charge in [-0.3, -0.25) is 0 Å². The highest BCUT2D eigenvalue weighted by Gasteiger charge is 2.17. The van der Waals surface area contributed by atoms with E-state index in [4.69, 9.17) is 5.14 Å². The molecular weight excluding hydrogens is 198 g/mol. The summed E-state index contributed by atoms with van der Waals surface area (Å²) in [6.07, 6.45) is 0. The smallest absolute Gasteiger partial charge is 0.122 e. The second-order valence-corrected chi connectivity index (χ2v) is 4.87. The molecule has 4 heteroatoms. The summed E-state index contributed by atoms with van der Waals surface area (Å²) in [4.78, 5) is 0.609. The highest BCUT2D eigenvalue weighted by molar-refractivity contribution is 7.82. The summed E-state index contributed by atoms with van der Waals surface area (Å²) in [5.41, 5.74) is 0.758. The summed E-state index contributed by atoms with van der Waals surface area (Å²) in [7, 11) is -1.46. The predicted octanol–water partition coefficient (Wildman–Crippen LogP) is 1.20. The van der Waals surface area contributed by atoms with Crippen LogP contribution in [0.3, 0.4) is 0 Å². The minimum absolute atomic E-state index is 0.609. The molecule has 0 radical (unpaired) electrons. The van der Waals surface area contributed by atoms with Crippen molar-refractivity contribution in [2.45, 2.75) is 31.3 Å². The highest BCUT2D eigenvalue weighted by Crippen LogP contribution is 2.22. The number of aryl methyl sites for hydroxylation is 1. The van der Waals surface area contributed by atoms with Gasteiger partial charge in [-0.05, 0) is 38.0 Å². The molecule has 0 aliphatic heterocycles. The first kappa shape index (κ1) is 11.4. The molecular formula is C10H15NO2S. The van der Waals surface area contributed by atoms with Gasteiger partial charge in [0, 0.05) is 0 Å². The van der Waals surface area contributed by atoms with Gasteiger partial charge in [0.05, 0.1) is 10.5 Å². The third-order valence-electron chi connectivity index (χ3n) is 2.10. The molecule has 78 valence electrons. The van der Waals surface area contributed by atoms with E-state index < -0.39 is 16.6 Å². The van der Waals surface area contributed by atoms with E-state index in [1.165, 1.54) is 0 Å². The van der Waals surface area contributed by atoms with Crippen molar-refractivity contribution in [3.63, 3.8) is 0 Å². The molecule has 0 aromatic heterocycles. The fourth-order valence-corrected chi connectivity index (χ4v) is 1.83. The van der Waals surface area contributed by atoms with Crippen molar-refractivity contribution in [3.8, 4) is 0 Å². The van der Waals surface area contributed by atoms with Crippen molar-refractivity contribution in [2.75, 3.05) is 0 Å². The fraction of sp³-hybridized carbons (Fsp3) is 0.400. The van der Waals surface area contributed by atoms with Gasteiger partial charge in [0.1, 0.15) is 11.0 Å². The lowest BCUT2D eigenvalue weighted by molar-refractivity contribution is 0.0785. The molecule has 0 heterocycles. The number of nitrogens with two attached hydrogens (primary N) is 1. The van der Waals surface area contributed by atoms with Crippen LogP contribution < -0.4 is 5.14 Å². The molecule has 0 saturated carbocycles. The minimum Gasteiger partial charge on any atom is -0.386 e. The number of hydrogen-bond acceptors (Lipinski definition) is 2. The van der Waals surface area contributed by atoms with Gasteiger partial charge >= 0.3 is 0 Å². The van der Waals surface area contributed by atoms with E-state index in [1.54, 1.807) is 32.0 Å². The first-order valence-corrected chi connectivity index (χ1v) is 5.53. The predicted molar refractivity (Wildman–Crippen MR) is 57.0 cm³/mol. The molecule has 0 aliphatic rings. The van der Waals surface area contributed by atoms with Crippen LogP contribution in [-0.4, -0.2) is 9.32 Å². The van der Waals surface area contributed by atoms with E-state index >= 15 is 0 Å². The van der Waals surface area contributed by atoms with Gasteiger partial charge in [-0.15, -0.1) is 0 Å². The monoisotopic (exact) mass is 213 g/mol. The summed E-state index contributed by atoms with van der Waals surface area (Å²) in [6, 6.07) is 5.24. The lowest BCUT2D eigenvalue weighted by atomic mass is 9.97. The van der Waals surface area contributed by atoms with Crippen molar-refractivity contribution in [3.05, 3.63) is 29.3 Å². The standard InChI is InChI=1S/C10H15NO2S/c1-7-6-8(10(2,3)12)4-5-9(7)14(11)13/h4-6,12H,11H2,1-3H3. The molecule has 0 saturated heterocycles. The van der Waals surface area contributed by atoms with Crippen LogP contribution in [0, 0.1) is 6.92 Å². The van der Waals surface area contributed by atoms with Gasteiger partial charge in [-0.25, -0.2) is 9.35 Å². The van der Waals surface area contributed by atoms with Gasteiger partial charge in [-0.2, -0.15) is 0 Å². The maximum Gasteiger partial charge on any atom is 0.122 e. The Labute approximate surface area is 86.5 Å². The largest absolute Gasteiger partial charge is 0.386 e. The van der Waals surface area contributed by atoms with Gasteiger partial charge in [0.15, 0.2) is 0 Å². The van der Waals surface area contributed by atoms with Gasteiger partial charge in [-0.1, -0.05) is 12.1 Å². The molecule has 3 nitrogen and oxygen atoms in total. The number of hydrogen-bond donors (Lipinski definition) is 2. The zero-order valence-electron chi connectivity index (χ0n) is 8.57. The van der Waals surface area contributed by atoms with Crippen LogP contribution in [0.1, 0.15) is 25.0 Å².